The number of rotatable bonds is 2. The fourth-order valence-electron chi connectivity index (χ4n) is 1.29. The lowest BCUT2D eigenvalue weighted by molar-refractivity contribution is 0.756. The summed E-state index contributed by atoms with van der Waals surface area (Å²) in [6.07, 6.45) is 3.42. The van der Waals surface area contributed by atoms with E-state index in [1.54, 1.807) is 29.1 Å². The van der Waals surface area contributed by atoms with Crippen LogP contribution < -0.4 is 5.56 Å². The summed E-state index contributed by atoms with van der Waals surface area (Å²) in [5, 5.41) is 0.458. The monoisotopic (exact) mass is 220 g/mol. The van der Waals surface area contributed by atoms with E-state index >= 15 is 0 Å². The Morgan fingerprint density at radius 1 is 1.27 bits per heavy atom. The van der Waals surface area contributed by atoms with Gasteiger partial charge in [-0.25, -0.2) is 4.98 Å². The summed E-state index contributed by atoms with van der Waals surface area (Å²) in [5.41, 5.74) is 0.931. The molecule has 0 saturated carbocycles. The lowest BCUT2D eigenvalue weighted by atomic mass is 10.3. The first-order valence-corrected chi connectivity index (χ1v) is 4.89. The van der Waals surface area contributed by atoms with Gasteiger partial charge in [0.1, 0.15) is 5.15 Å². The summed E-state index contributed by atoms with van der Waals surface area (Å²) >= 11 is 5.67. The summed E-state index contributed by atoms with van der Waals surface area (Å²) in [5.74, 6) is 0. The summed E-state index contributed by atoms with van der Waals surface area (Å²) in [6.45, 7) is 0.518. The molecule has 0 atom stereocenters. The fraction of sp³-hybridized carbons (Fsp3) is 0.0909. The lowest BCUT2D eigenvalue weighted by Gasteiger charge is -2.04. The van der Waals surface area contributed by atoms with Crippen molar-refractivity contribution in [2.75, 3.05) is 0 Å². The van der Waals surface area contributed by atoms with Crippen LogP contribution in [-0.4, -0.2) is 9.55 Å². The Bertz CT molecular complexity index is 504. The van der Waals surface area contributed by atoms with E-state index in [2.05, 4.69) is 4.98 Å². The van der Waals surface area contributed by atoms with E-state index in [0.29, 0.717) is 11.7 Å². The standard InChI is InChI=1S/C11H9ClN2O/c12-10-5-4-9(7-13-10)8-14-6-2-1-3-11(14)15/h1-7H,8H2. The average Bonchev–Trinajstić information content (AvgIpc) is 2.25. The second-order valence-corrected chi connectivity index (χ2v) is 3.54. The number of nitrogens with zero attached hydrogens (tertiary/aromatic N) is 2. The molecule has 0 fully saturated rings. The minimum Gasteiger partial charge on any atom is -0.311 e. The third kappa shape index (κ3) is 2.44. The van der Waals surface area contributed by atoms with Crippen LogP contribution in [0.5, 0.6) is 0 Å². The smallest absolute Gasteiger partial charge is 0.250 e. The SMILES string of the molecule is O=c1ccccn1Cc1ccc(Cl)nc1. The molecule has 0 aliphatic heterocycles. The summed E-state index contributed by atoms with van der Waals surface area (Å²) in [6, 6.07) is 8.65. The van der Waals surface area contributed by atoms with Crippen molar-refractivity contribution in [2.45, 2.75) is 6.54 Å². The van der Waals surface area contributed by atoms with Crippen LogP contribution in [0.3, 0.4) is 0 Å². The number of hydrogen-bond donors (Lipinski definition) is 0. The van der Waals surface area contributed by atoms with Crippen LogP contribution in [0.15, 0.2) is 47.5 Å². The quantitative estimate of drug-likeness (QED) is 0.725. The van der Waals surface area contributed by atoms with E-state index in [1.807, 2.05) is 12.1 Å². The van der Waals surface area contributed by atoms with Crippen molar-refractivity contribution in [1.82, 2.24) is 9.55 Å². The van der Waals surface area contributed by atoms with Gasteiger partial charge in [0.15, 0.2) is 0 Å². The van der Waals surface area contributed by atoms with Crippen molar-refractivity contribution in [3.8, 4) is 0 Å². The third-order valence-electron chi connectivity index (χ3n) is 2.04. The first-order valence-electron chi connectivity index (χ1n) is 4.51. The van der Waals surface area contributed by atoms with Gasteiger partial charge < -0.3 is 4.57 Å². The molecule has 2 rings (SSSR count). The molecule has 2 aromatic rings. The van der Waals surface area contributed by atoms with Crippen molar-refractivity contribution in [3.05, 3.63) is 63.8 Å². The normalized spacial score (nSPS) is 10.2. The Morgan fingerprint density at radius 3 is 2.80 bits per heavy atom. The van der Waals surface area contributed by atoms with Gasteiger partial charge in [0, 0.05) is 18.5 Å². The van der Waals surface area contributed by atoms with Gasteiger partial charge in [0.2, 0.25) is 0 Å². The van der Waals surface area contributed by atoms with Crippen LogP contribution in [0.1, 0.15) is 5.56 Å². The van der Waals surface area contributed by atoms with Gasteiger partial charge in [-0.1, -0.05) is 23.7 Å². The second kappa shape index (κ2) is 4.28. The topological polar surface area (TPSA) is 34.9 Å². The average molecular weight is 221 g/mol. The molecule has 15 heavy (non-hydrogen) atoms. The minimum absolute atomic E-state index is 0.0209. The second-order valence-electron chi connectivity index (χ2n) is 3.16. The number of halogens is 1. The molecule has 0 N–H and O–H groups in total. The van der Waals surface area contributed by atoms with Gasteiger partial charge in [0.05, 0.1) is 6.54 Å². The molecule has 3 nitrogen and oxygen atoms in total. The molecular weight excluding hydrogens is 212 g/mol. The molecule has 0 radical (unpaired) electrons. The lowest BCUT2D eigenvalue weighted by Crippen LogP contribution is -2.18. The fourth-order valence-corrected chi connectivity index (χ4v) is 1.40. The van der Waals surface area contributed by atoms with Crippen LogP contribution in [0.2, 0.25) is 5.15 Å². The van der Waals surface area contributed by atoms with E-state index in [1.165, 1.54) is 6.07 Å². The van der Waals surface area contributed by atoms with E-state index in [-0.39, 0.29) is 5.56 Å². The molecule has 0 bridgehead atoms. The van der Waals surface area contributed by atoms with Crippen molar-refractivity contribution >= 4 is 11.6 Å². The first kappa shape index (κ1) is 9.93. The number of hydrogen-bond acceptors (Lipinski definition) is 2. The van der Waals surface area contributed by atoms with E-state index in [0.717, 1.165) is 5.56 Å². The number of aromatic nitrogens is 2. The van der Waals surface area contributed by atoms with Crippen LogP contribution >= 0.6 is 11.6 Å². The van der Waals surface area contributed by atoms with Crippen LogP contribution in [-0.2, 0) is 6.54 Å². The largest absolute Gasteiger partial charge is 0.311 e. The Balaban J connectivity index is 2.26. The molecule has 0 spiro atoms. The maximum Gasteiger partial charge on any atom is 0.250 e. The zero-order valence-electron chi connectivity index (χ0n) is 7.93. The third-order valence-corrected chi connectivity index (χ3v) is 2.26. The van der Waals surface area contributed by atoms with Gasteiger partial charge in [-0.3, -0.25) is 4.79 Å². The van der Waals surface area contributed by atoms with Gasteiger partial charge in [-0.2, -0.15) is 0 Å². The highest BCUT2D eigenvalue weighted by Crippen LogP contribution is 2.05. The summed E-state index contributed by atoms with van der Waals surface area (Å²) < 4.78 is 1.62. The minimum atomic E-state index is -0.0209. The molecule has 76 valence electrons. The maximum atomic E-state index is 11.4. The predicted molar refractivity (Wildman–Crippen MR) is 59.1 cm³/mol. The zero-order chi connectivity index (χ0) is 10.7. The summed E-state index contributed by atoms with van der Waals surface area (Å²) in [7, 11) is 0. The molecule has 0 aliphatic rings. The Morgan fingerprint density at radius 2 is 2.13 bits per heavy atom. The van der Waals surface area contributed by atoms with E-state index in [9.17, 15) is 4.79 Å². The molecule has 0 saturated heterocycles. The van der Waals surface area contributed by atoms with Crippen molar-refractivity contribution in [3.63, 3.8) is 0 Å². The van der Waals surface area contributed by atoms with Gasteiger partial charge in [-0.15, -0.1) is 0 Å². The molecule has 0 unspecified atom stereocenters. The van der Waals surface area contributed by atoms with Gasteiger partial charge >= 0.3 is 0 Å². The predicted octanol–water partition coefficient (Wildman–Crippen LogP) is 1.95. The molecular formula is C11H9ClN2O. The first-order chi connectivity index (χ1) is 7.25. The Hall–Kier alpha value is -1.61. The summed E-state index contributed by atoms with van der Waals surface area (Å²) in [4.78, 5) is 15.4. The van der Waals surface area contributed by atoms with Gasteiger partial charge in [-0.05, 0) is 17.7 Å². The van der Waals surface area contributed by atoms with Crippen LogP contribution in [0.4, 0.5) is 0 Å². The molecule has 4 heteroatoms. The molecule has 2 aromatic heterocycles. The van der Waals surface area contributed by atoms with Gasteiger partial charge in [0.25, 0.3) is 5.56 Å². The highest BCUT2D eigenvalue weighted by Gasteiger charge is 1.97. The Kier molecular flexibility index (Phi) is 2.83. The van der Waals surface area contributed by atoms with Crippen molar-refractivity contribution < 1.29 is 0 Å². The zero-order valence-corrected chi connectivity index (χ0v) is 8.69. The molecule has 0 amide bonds. The Labute approximate surface area is 92.0 Å². The van der Waals surface area contributed by atoms with Crippen molar-refractivity contribution in [2.24, 2.45) is 0 Å². The highest BCUT2D eigenvalue weighted by atomic mass is 35.5. The molecule has 0 aliphatic carbocycles. The molecule has 0 aromatic carbocycles. The van der Waals surface area contributed by atoms with Crippen LogP contribution in [0, 0.1) is 0 Å². The number of pyridine rings is 2. The highest BCUT2D eigenvalue weighted by molar-refractivity contribution is 6.29. The maximum absolute atomic E-state index is 11.4. The van der Waals surface area contributed by atoms with Crippen molar-refractivity contribution in [1.29, 1.82) is 0 Å². The molecule has 2 heterocycles. The van der Waals surface area contributed by atoms with E-state index < -0.39 is 0 Å². The van der Waals surface area contributed by atoms with E-state index in [4.69, 9.17) is 11.6 Å². The van der Waals surface area contributed by atoms with Crippen LogP contribution in [0.25, 0.3) is 0 Å².